The Bertz CT molecular complexity index is 418. The maximum absolute atomic E-state index is 12.0. The molecule has 5 heteroatoms. The van der Waals surface area contributed by atoms with Gasteiger partial charge in [-0.1, -0.05) is 17.7 Å². The molecule has 1 aromatic carbocycles. The van der Waals surface area contributed by atoms with Gasteiger partial charge in [0.2, 0.25) is 0 Å². The lowest BCUT2D eigenvalue weighted by molar-refractivity contribution is -0.143. The van der Waals surface area contributed by atoms with Crippen LogP contribution in [0.2, 0.25) is 0 Å². The summed E-state index contributed by atoms with van der Waals surface area (Å²) in [6.45, 7) is 3.28. The van der Waals surface area contributed by atoms with Crippen molar-refractivity contribution in [2.75, 3.05) is 33.0 Å². The van der Waals surface area contributed by atoms with Crippen molar-refractivity contribution in [1.29, 1.82) is 0 Å². The highest BCUT2D eigenvalue weighted by molar-refractivity contribution is 5.78. The van der Waals surface area contributed by atoms with Crippen molar-refractivity contribution in [3.63, 3.8) is 0 Å². The fraction of sp³-hybridized carbons (Fsp3) is 0.500. The molecule has 0 spiro atoms. The summed E-state index contributed by atoms with van der Waals surface area (Å²) in [7, 11) is 0. The summed E-state index contributed by atoms with van der Waals surface area (Å²) in [6.07, 6.45) is 0. The Labute approximate surface area is 112 Å². The zero-order valence-electron chi connectivity index (χ0n) is 11.0. The number of morpholine rings is 1. The van der Waals surface area contributed by atoms with E-state index in [1.165, 1.54) is 0 Å². The number of aryl methyl sites for hydroxylation is 1. The molecule has 1 unspecified atom stereocenters. The highest BCUT2D eigenvalue weighted by Crippen LogP contribution is 2.12. The Hall–Kier alpha value is -1.59. The second-order valence-corrected chi connectivity index (χ2v) is 4.60. The van der Waals surface area contributed by atoms with E-state index in [9.17, 15) is 9.90 Å². The van der Waals surface area contributed by atoms with E-state index in [1.807, 2.05) is 31.2 Å². The van der Waals surface area contributed by atoms with E-state index in [0.717, 1.165) is 5.56 Å². The Morgan fingerprint density at radius 2 is 2.21 bits per heavy atom. The predicted octanol–water partition coefficient (Wildman–Crippen LogP) is 0.594. The Balaban J connectivity index is 1.87. The SMILES string of the molecule is Cc1ccc(OCC(=O)N2CCOCC2CO)cc1. The smallest absolute Gasteiger partial charge is 0.260 e. The van der Waals surface area contributed by atoms with Crippen LogP contribution in [0.4, 0.5) is 0 Å². The zero-order chi connectivity index (χ0) is 13.7. The molecule has 2 rings (SSSR count). The van der Waals surface area contributed by atoms with Gasteiger partial charge >= 0.3 is 0 Å². The third kappa shape index (κ3) is 3.68. The summed E-state index contributed by atoms with van der Waals surface area (Å²) in [5.41, 5.74) is 1.15. The van der Waals surface area contributed by atoms with E-state index >= 15 is 0 Å². The topological polar surface area (TPSA) is 59.0 Å². The minimum atomic E-state index is -0.261. The number of aliphatic hydroxyl groups is 1. The molecular formula is C14H19NO4. The van der Waals surface area contributed by atoms with Crippen molar-refractivity contribution in [2.45, 2.75) is 13.0 Å². The number of aliphatic hydroxyl groups excluding tert-OH is 1. The molecule has 0 saturated carbocycles. The van der Waals surface area contributed by atoms with Crippen LogP contribution >= 0.6 is 0 Å². The molecule has 0 bridgehead atoms. The number of hydrogen-bond donors (Lipinski definition) is 1. The van der Waals surface area contributed by atoms with Crippen LogP contribution in [0.15, 0.2) is 24.3 Å². The number of carbonyl (C=O) groups excluding carboxylic acids is 1. The normalized spacial score (nSPS) is 19.3. The Morgan fingerprint density at radius 1 is 1.47 bits per heavy atom. The van der Waals surface area contributed by atoms with Gasteiger partial charge in [0, 0.05) is 6.54 Å². The van der Waals surface area contributed by atoms with Crippen LogP contribution in [0.25, 0.3) is 0 Å². The van der Waals surface area contributed by atoms with Gasteiger partial charge in [-0.2, -0.15) is 0 Å². The quantitative estimate of drug-likeness (QED) is 0.866. The first-order valence-corrected chi connectivity index (χ1v) is 6.38. The summed E-state index contributed by atoms with van der Waals surface area (Å²) in [6, 6.07) is 7.29. The van der Waals surface area contributed by atoms with Gasteiger partial charge in [-0.25, -0.2) is 0 Å². The third-order valence-electron chi connectivity index (χ3n) is 3.14. The monoisotopic (exact) mass is 265 g/mol. The molecule has 1 N–H and O–H groups in total. The number of benzene rings is 1. The van der Waals surface area contributed by atoms with Crippen LogP contribution in [0.1, 0.15) is 5.56 Å². The maximum atomic E-state index is 12.0. The van der Waals surface area contributed by atoms with Crippen LogP contribution in [0.3, 0.4) is 0 Å². The molecular weight excluding hydrogens is 246 g/mol. The highest BCUT2D eigenvalue weighted by atomic mass is 16.5. The predicted molar refractivity (Wildman–Crippen MR) is 70.1 cm³/mol. The Kier molecular flexibility index (Phi) is 4.76. The molecule has 1 fully saturated rings. The molecule has 0 aliphatic carbocycles. The van der Waals surface area contributed by atoms with Gasteiger partial charge in [0.05, 0.1) is 25.9 Å². The molecule has 0 radical (unpaired) electrons. The summed E-state index contributed by atoms with van der Waals surface area (Å²) >= 11 is 0. The summed E-state index contributed by atoms with van der Waals surface area (Å²) in [4.78, 5) is 13.7. The van der Waals surface area contributed by atoms with Gasteiger partial charge in [-0.15, -0.1) is 0 Å². The van der Waals surface area contributed by atoms with E-state index in [1.54, 1.807) is 4.90 Å². The van der Waals surface area contributed by atoms with Crippen LogP contribution in [-0.4, -0.2) is 54.9 Å². The molecule has 1 aliphatic rings. The molecule has 1 heterocycles. The van der Waals surface area contributed by atoms with E-state index in [0.29, 0.717) is 25.5 Å². The molecule has 1 amide bonds. The largest absolute Gasteiger partial charge is 0.484 e. The van der Waals surface area contributed by atoms with Crippen molar-refractivity contribution >= 4 is 5.91 Å². The van der Waals surface area contributed by atoms with Crippen molar-refractivity contribution < 1.29 is 19.4 Å². The molecule has 104 valence electrons. The highest BCUT2D eigenvalue weighted by Gasteiger charge is 2.26. The summed E-state index contributed by atoms with van der Waals surface area (Å²) < 4.78 is 10.7. The van der Waals surface area contributed by atoms with E-state index < -0.39 is 0 Å². The fourth-order valence-electron chi connectivity index (χ4n) is 2.00. The molecule has 1 saturated heterocycles. The fourth-order valence-corrected chi connectivity index (χ4v) is 2.00. The first kappa shape index (κ1) is 13.8. The van der Waals surface area contributed by atoms with Gasteiger partial charge in [0.15, 0.2) is 6.61 Å². The van der Waals surface area contributed by atoms with E-state index in [-0.39, 0.29) is 25.2 Å². The van der Waals surface area contributed by atoms with E-state index in [4.69, 9.17) is 9.47 Å². The molecule has 1 aromatic rings. The van der Waals surface area contributed by atoms with Gasteiger partial charge in [-0.05, 0) is 19.1 Å². The molecule has 1 atom stereocenters. The second-order valence-electron chi connectivity index (χ2n) is 4.60. The third-order valence-corrected chi connectivity index (χ3v) is 3.14. The minimum absolute atomic E-state index is 0.0143. The molecule has 0 aromatic heterocycles. The lowest BCUT2D eigenvalue weighted by atomic mass is 10.2. The van der Waals surface area contributed by atoms with Crippen LogP contribution in [0.5, 0.6) is 5.75 Å². The summed E-state index contributed by atoms with van der Waals surface area (Å²) in [5, 5.41) is 9.21. The molecule has 5 nitrogen and oxygen atoms in total. The standard InChI is InChI=1S/C14H19NO4/c1-11-2-4-13(5-3-11)19-10-14(17)15-6-7-18-9-12(15)8-16/h2-5,12,16H,6-10H2,1H3. The van der Waals surface area contributed by atoms with Gasteiger partial charge < -0.3 is 19.5 Å². The number of hydrogen-bond acceptors (Lipinski definition) is 4. The lowest BCUT2D eigenvalue weighted by Gasteiger charge is -2.34. The van der Waals surface area contributed by atoms with Gasteiger partial charge in [0.1, 0.15) is 5.75 Å². The van der Waals surface area contributed by atoms with Crippen molar-refractivity contribution in [1.82, 2.24) is 4.90 Å². The van der Waals surface area contributed by atoms with Gasteiger partial charge in [-0.3, -0.25) is 4.79 Å². The number of ether oxygens (including phenoxy) is 2. The summed E-state index contributed by atoms with van der Waals surface area (Å²) in [5.74, 6) is 0.552. The zero-order valence-corrected chi connectivity index (χ0v) is 11.0. The number of carbonyl (C=O) groups is 1. The van der Waals surface area contributed by atoms with Crippen molar-refractivity contribution in [2.24, 2.45) is 0 Å². The first-order valence-electron chi connectivity index (χ1n) is 6.38. The number of amides is 1. The number of nitrogens with zero attached hydrogens (tertiary/aromatic N) is 1. The van der Waals surface area contributed by atoms with Crippen molar-refractivity contribution in [3.05, 3.63) is 29.8 Å². The average Bonchev–Trinajstić information content (AvgIpc) is 2.46. The van der Waals surface area contributed by atoms with Gasteiger partial charge in [0.25, 0.3) is 5.91 Å². The molecule has 1 aliphatic heterocycles. The average molecular weight is 265 g/mol. The lowest BCUT2D eigenvalue weighted by Crippen LogP contribution is -2.51. The van der Waals surface area contributed by atoms with E-state index in [2.05, 4.69) is 0 Å². The van der Waals surface area contributed by atoms with Crippen LogP contribution < -0.4 is 4.74 Å². The first-order chi connectivity index (χ1) is 9.20. The van der Waals surface area contributed by atoms with Crippen LogP contribution in [-0.2, 0) is 9.53 Å². The van der Waals surface area contributed by atoms with Crippen molar-refractivity contribution in [3.8, 4) is 5.75 Å². The minimum Gasteiger partial charge on any atom is -0.484 e. The Morgan fingerprint density at radius 3 is 2.89 bits per heavy atom. The number of rotatable bonds is 4. The molecule has 19 heavy (non-hydrogen) atoms. The van der Waals surface area contributed by atoms with Crippen LogP contribution in [0, 0.1) is 6.92 Å². The maximum Gasteiger partial charge on any atom is 0.260 e. The second kappa shape index (κ2) is 6.54.